The van der Waals surface area contributed by atoms with Crippen LogP contribution in [-0.2, 0) is 11.3 Å². The lowest BCUT2D eigenvalue weighted by Gasteiger charge is -2.07. The summed E-state index contributed by atoms with van der Waals surface area (Å²) in [6.45, 7) is -1.14. The van der Waals surface area contributed by atoms with Gasteiger partial charge in [0, 0.05) is 0 Å². The highest BCUT2D eigenvalue weighted by molar-refractivity contribution is 5.13. The molecule has 0 unspecified atom stereocenters. The van der Waals surface area contributed by atoms with E-state index in [1.165, 1.54) is 0 Å². The molecule has 1 rings (SSSR count). The minimum Gasteiger partial charge on any atom is -0.394 e. The Balaban J connectivity index is 2.22. The molecule has 0 bridgehead atoms. The SMILES string of the molecule is [2H][C@H](O)[C@@H](O)COCc1ccccc1. The van der Waals surface area contributed by atoms with Gasteiger partial charge in [-0.05, 0) is 5.56 Å². The summed E-state index contributed by atoms with van der Waals surface area (Å²) in [7, 11) is 0. The summed E-state index contributed by atoms with van der Waals surface area (Å²) in [6.07, 6.45) is -1.14. The van der Waals surface area contributed by atoms with E-state index in [9.17, 15) is 0 Å². The van der Waals surface area contributed by atoms with Gasteiger partial charge in [0.15, 0.2) is 0 Å². The zero-order valence-electron chi connectivity index (χ0n) is 8.26. The van der Waals surface area contributed by atoms with Gasteiger partial charge in [-0.3, -0.25) is 0 Å². The molecule has 2 atom stereocenters. The second kappa shape index (κ2) is 5.70. The molecule has 0 radical (unpaired) electrons. The second-order valence-corrected chi connectivity index (χ2v) is 2.72. The normalized spacial score (nSPS) is 16.3. The first kappa shape index (κ1) is 8.69. The van der Waals surface area contributed by atoms with Crippen molar-refractivity contribution >= 4 is 0 Å². The fraction of sp³-hybridized carbons (Fsp3) is 0.400. The summed E-state index contributed by atoms with van der Waals surface area (Å²) in [4.78, 5) is 0. The average Bonchev–Trinajstić information content (AvgIpc) is 2.19. The van der Waals surface area contributed by atoms with E-state index in [4.69, 9.17) is 16.3 Å². The highest BCUT2D eigenvalue weighted by Gasteiger charge is 2.00. The van der Waals surface area contributed by atoms with E-state index in [1.54, 1.807) is 0 Å². The number of aliphatic hydroxyl groups excluding tert-OH is 2. The fourth-order valence-electron chi connectivity index (χ4n) is 0.915. The number of hydrogen-bond donors (Lipinski definition) is 2. The summed E-state index contributed by atoms with van der Waals surface area (Å²) in [6, 6.07) is 9.52. The molecule has 0 aromatic heterocycles. The monoisotopic (exact) mass is 183 g/mol. The molecule has 0 saturated carbocycles. The topological polar surface area (TPSA) is 49.7 Å². The molecule has 72 valence electrons. The highest BCUT2D eigenvalue weighted by Crippen LogP contribution is 2.00. The van der Waals surface area contributed by atoms with E-state index in [2.05, 4.69) is 0 Å². The smallest absolute Gasteiger partial charge is 0.100 e. The van der Waals surface area contributed by atoms with Crippen LogP contribution in [0.5, 0.6) is 0 Å². The fourth-order valence-corrected chi connectivity index (χ4v) is 0.915. The quantitative estimate of drug-likeness (QED) is 0.701. The van der Waals surface area contributed by atoms with Crippen molar-refractivity contribution in [3.63, 3.8) is 0 Å². The van der Waals surface area contributed by atoms with Gasteiger partial charge in [-0.2, -0.15) is 0 Å². The Morgan fingerprint density at radius 3 is 2.69 bits per heavy atom. The largest absolute Gasteiger partial charge is 0.394 e. The third-order valence-electron chi connectivity index (χ3n) is 1.57. The first-order chi connectivity index (χ1) is 6.70. The van der Waals surface area contributed by atoms with Crippen LogP contribution in [0.4, 0.5) is 0 Å². The number of benzene rings is 1. The third-order valence-corrected chi connectivity index (χ3v) is 1.57. The van der Waals surface area contributed by atoms with Gasteiger partial charge in [-0.1, -0.05) is 30.3 Å². The molecule has 3 heteroatoms. The molecule has 13 heavy (non-hydrogen) atoms. The van der Waals surface area contributed by atoms with E-state index >= 15 is 0 Å². The van der Waals surface area contributed by atoms with Gasteiger partial charge >= 0.3 is 0 Å². The zero-order valence-corrected chi connectivity index (χ0v) is 7.26. The van der Waals surface area contributed by atoms with Crippen LogP contribution < -0.4 is 0 Å². The summed E-state index contributed by atoms with van der Waals surface area (Å²) in [5.74, 6) is 0. The Bertz CT molecular complexity index is 251. The minimum atomic E-state index is -1.49. The summed E-state index contributed by atoms with van der Waals surface area (Å²) < 4.78 is 11.9. The first-order valence-corrected chi connectivity index (χ1v) is 4.10. The van der Waals surface area contributed by atoms with Gasteiger partial charge in [0.1, 0.15) is 6.10 Å². The molecule has 2 N–H and O–H groups in total. The van der Waals surface area contributed by atoms with E-state index in [0.29, 0.717) is 6.61 Å². The van der Waals surface area contributed by atoms with Crippen LogP contribution in [0.1, 0.15) is 6.93 Å². The third kappa shape index (κ3) is 4.03. The van der Waals surface area contributed by atoms with Crippen LogP contribution >= 0.6 is 0 Å². The Morgan fingerprint density at radius 2 is 2.08 bits per heavy atom. The maximum Gasteiger partial charge on any atom is 0.100 e. The standard InChI is InChI=1S/C10H14O3/c11-6-10(12)8-13-7-9-4-2-1-3-5-9/h1-5,10-12H,6-8H2/t10-/m1/s1/i6D/t6-,10+/m0. The van der Waals surface area contributed by atoms with Crippen LogP contribution in [0, 0.1) is 0 Å². The van der Waals surface area contributed by atoms with E-state index in [1.807, 2.05) is 30.3 Å². The van der Waals surface area contributed by atoms with Crippen LogP contribution in [-0.4, -0.2) is 29.5 Å². The van der Waals surface area contributed by atoms with E-state index in [0.717, 1.165) is 5.56 Å². The second-order valence-electron chi connectivity index (χ2n) is 2.72. The zero-order chi connectivity index (χ0) is 10.4. The van der Waals surface area contributed by atoms with Crippen LogP contribution in [0.25, 0.3) is 0 Å². The van der Waals surface area contributed by atoms with E-state index in [-0.39, 0.29) is 6.61 Å². The van der Waals surface area contributed by atoms with Crippen LogP contribution in [0.15, 0.2) is 30.3 Å². The number of ether oxygens (including phenoxy) is 1. The Morgan fingerprint density at radius 1 is 1.38 bits per heavy atom. The van der Waals surface area contributed by atoms with Gasteiger partial charge in [0.25, 0.3) is 0 Å². The van der Waals surface area contributed by atoms with Crippen molar-refractivity contribution in [1.82, 2.24) is 0 Å². The summed E-state index contributed by atoms with van der Waals surface area (Å²) >= 11 is 0. The van der Waals surface area contributed by atoms with Gasteiger partial charge in [-0.15, -0.1) is 0 Å². The molecule has 1 aromatic carbocycles. The van der Waals surface area contributed by atoms with Crippen molar-refractivity contribution in [2.24, 2.45) is 0 Å². The molecule has 0 aliphatic rings. The summed E-state index contributed by atoms with van der Waals surface area (Å²) in [5.41, 5.74) is 0.999. The number of hydrogen-bond acceptors (Lipinski definition) is 3. The lowest BCUT2D eigenvalue weighted by molar-refractivity contribution is 0.0000253. The molecular weight excluding hydrogens is 168 g/mol. The van der Waals surface area contributed by atoms with Gasteiger partial charge < -0.3 is 14.9 Å². The van der Waals surface area contributed by atoms with Crippen LogP contribution in [0.3, 0.4) is 0 Å². The highest BCUT2D eigenvalue weighted by atomic mass is 16.5. The molecule has 3 nitrogen and oxygen atoms in total. The first-order valence-electron chi connectivity index (χ1n) is 4.68. The van der Waals surface area contributed by atoms with Crippen molar-refractivity contribution in [2.45, 2.75) is 12.7 Å². The minimum absolute atomic E-state index is 0.0282. The molecule has 0 saturated heterocycles. The molecule has 0 spiro atoms. The maximum absolute atomic E-state index is 9.04. The lowest BCUT2D eigenvalue weighted by atomic mass is 10.2. The predicted molar refractivity (Wildman–Crippen MR) is 49.2 cm³/mol. The Labute approximate surface area is 79.0 Å². The van der Waals surface area contributed by atoms with Crippen molar-refractivity contribution in [2.75, 3.05) is 13.2 Å². The Hall–Kier alpha value is -0.900. The molecular formula is C10H14O3. The van der Waals surface area contributed by atoms with Gasteiger partial charge in [0.05, 0.1) is 21.2 Å². The molecule has 0 aliphatic carbocycles. The average molecular weight is 183 g/mol. The van der Waals surface area contributed by atoms with Crippen LogP contribution in [0.2, 0.25) is 0 Å². The molecule has 0 amide bonds. The molecule has 1 aromatic rings. The molecule has 0 aliphatic heterocycles. The lowest BCUT2D eigenvalue weighted by Crippen LogP contribution is -2.19. The van der Waals surface area contributed by atoms with Crippen molar-refractivity contribution < 1.29 is 16.3 Å². The Kier molecular flexibility index (Phi) is 3.81. The van der Waals surface area contributed by atoms with Crippen molar-refractivity contribution in [3.8, 4) is 0 Å². The maximum atomic E-state index is 9.04. The van der Waals surface area contributed by atoms with Gasteiger partial charge in [0.2, 0.25) is 0 Å². The van der Waals surface area contributed by atoms with Crippen molar-refractivity contribution in [1.29, 1.82) is 0 Å². The molecule has 0 fully saturated rings. The summed E-state index contributed by atoms with van der Waals surface area (Å²) in [5, 5.41) is 17.7. The number of aliphatic hydroxyl groups is 2. The van der Waals surface area contributed by atoms with Gasteiger partial charge in [-0.25, -0.2) is 0 Å². The predicted octanol–water partition coefficient (Wildman–Crippen LogP) is 0.556. The number of rotatable bonds is 5. The van der Waals surface area contributed by atoms with E-state index < -0.39 is 12.7 Å². The molecule has 0 heterocycles. The van der Waals surface area contributed by atoms with Crippen molar-refractivity contribution in [3.05, 3.63) is 35.9 Å².